The molecule has 0 saturated carbocycles. The van der Waals surface area contributed by atoms with Crippen molar-refractivity contribution in [3.63, 3.8) is 0 Å². The molecule has 0 spiro atoms. The van der Waals surface area contributed by atoms with E-state index < -0.39 is 0 Å². The topological polar surface area (TPSA) is 58.4 Å². The molecule has 0 aliphatic carbocycles. The van der Waals surface area contributed by atoms with Gasteiger partial charge in [-0.15, -0.1) is 0 Å². The lowest BCUT2D eigenvalue weighted by Crippen LogP contribution is -2.18. The summed E-state index contributed by atoms with van der Waals surface area (Å²) in [4.78, 5) is 19.2. The molecule has 3 aromatic rings. The number of oxazole rings is 1. The maximum absolute atomic E-state index is 13.1. The van der Waals surface area contributed by atoms with E-state index in [0.717, 1.165) is 24.5 Å². The average Bonchev–Trinajstić information content (AvgIpc) is 3.33. The zero-order valence-corrected chi connectivity index (χ0v) is 15.7. The Bertz CT molecular complexity index is 976. The molecule has 0 bridgehead atoms. The smallest absolute Gasteiger partial charge is 0.230 e. The highest BCUT2D eigenvalue weighted by Gasteiger charge is 2.16. The van der Waals surface area contributed by atoms with E-state index in [9.17, 15) is 9.18 Å². The molecule has 2 aromatic carbocycles. The van der Waals surface area contributed by atoms with Crippen molar-refractivity contribution in [3.05, 3.63) is 65.8 Å². The molecule has 2 heterocycles. The Balaban J connectivity index is 1.44. The van der Waals surface area contributed by atoms with Crippen LogP contribution < -0.4 is 10.2 Å². The molecular formula is C22H22FN3O2. The second-order valence-corrected chi connectivity index (χ2v) is 7.00. The lowest BCUT2D eigenvalue weighted by molar-refractivity contribution is -0.115. The molecule has 1 aromatic heterocycles. The van der Waals surface area contributed by atoms with Gasteiger partial charge in [0, 0.05) is 30.0 Å². The molecule has 0 unspecified atom stereocenters. The van der Waals surface area contributed by atoms with Crippen LogP contribution in [0.2, 0.25) is 0 Å². The van der Waals surface area contributed by atoms with Crippen LogP contribution >= 0.6 is 0 Å². The number of nitrogens with zero attached hydrogens (tertiary/aromatic N) is 2. The molecule has 144 valence electrons. The maximum atomic E-state index is 13.1. The number of aryl methyl sites for hydroxylation is 1. The molecule has 4 rings (SSSR count). The Morgan fingerprint density at radius 2 is 1.93 bits per heavy atom. The lowest BCUT2D eigenvalue weighted by Gasteiger charge is -2.18. The van der Waals surface area contributed by atoms with Gasteiger partial charge >= 0.3 is 0 Å². The number of carbonyl (C=O) groups excluding carboxylic acids is 1. The standard InChI is InChI=1S/C22H22FN3O2/c1-15-20(25-22(28-15)16-7-9-17(23)10-8-16)14-21(27)24-18-5-4-6-19(13-18)26-11-2-3-12-26/h4-10,13H,2-3,11-12,14H2,1H3,(H,24,27). The number of nitrogens with one attached hydrogen (secondary N) is 1. The van der Waals surface area contributed by atoms with Gasteiger partial charge in [0.2, 0.25) is 11.8 Å². The summed E-state index contributed by atoms with van der Waals surface area (Å²) in [6.07, 6.45) is 2.53. The van der Waals surface area contributed by atoms with Crippen molar-refractivity contribution in [2.75, 3.05) is 23.3 Å². The van der Waals surface area contributed by atoms with Crippen LogP contribution in [0.4, 0.5) is 15.8 Å². The molecule has 1 fully saturated rings. The van der Waals surface area contributed by atoms with Gasteiger partial charge in [-0.1, -0.05) is 6.07 Å². The number of aromatic nitrogens is 1. The van der Waals surface area contributed by atoms with Crippen LogP contribution in [-0.2, 0) is 11.2 Å². The van der Waals surface area contributed by atoms with E-state index in [1.165, 1.54) is 25.0 Å². The Morgan fingerprint density at radius 3 is 2.68 bits per heavy atom. The van der Waals surface area contributed by atoms with Crippen LogP contribution in [-0.4, -0.2) is 24.0 Å². The summed E-state index contributed by atoms with van der Waals surface area (Å²) in [5, 5.41) is 2.94. The normalized spacial score (nSPS) is 13.7. The first-order valence-electron chi connectivity index (χ1n) is 9.45. The molecule has 5 nitrogen and oxygen atoms in total. The minimum Gasteiger partial charge on any atom is -0.441 e. The number of halogens is 1. The van der Waals surface area contributed by atoms with E-state index >= 15 is 0 Å². The molecular weight excluding hydrogens is 357 g/mol. The van der Waals surface area contributed by atoms with Crippen molar-refractivity contribution in [2.45, 2.75) is 26.2 Å². The van der Waals surface area contributed by atoms with Crippen LogP contribution in [0.25, 0.3) is 11.5 Å². The van der Waals surface area contributed by atoms with Gasteiger partial charge in [-0.25, -0.2) is 9.37 Å². The van der Waals surface area contributed by atoms with Crippen molar-refractivity contribution in [1.29, 1.82) is 0 Å². The third-order valence-electron chi connectivity index (χ3n) is 4.91. The quantitative estimate of drug-likeness (QED) is 0.705. The molecule has 1 aliphatic rings. The summed E-state index contributed by atoms with van der Waals surface area (Å²) >= 11 is 0. The van der Waals surface area contributed by atoms with Crippen LogP contribution in [0.3, 0.4) is 0 Å². The van der Waals surface area contributed by atoms with Crippen LogP contribution in [0.5, 0.6) is 0 Å². The van der Waals surface area contributed by atoms with Crippen molar-refractivity contribution in [3.8, 4) is 11.5 Å². The maximum Gasteiger partial charge on any atom is 0.230 e. The van der Waals surface area contributed by atoms with Gasteiger partial charge in [-0.2, -0.15) is 0 Å². The van der Waals surface area contributed by atoms with Crippen molar-refractivity contribution in [2.24, 2.45) is 0 Å². The van der Waals surface area contributed by atoms with E-state index in [1.807, 2.05) is 18.2 Å². The second kappa shape index (κ2) is 7.84. The number of anilines is 2. The van der Waals surface area contributed by atoms with Crippen molar-refractivity contribution in [1.82, 2.24) is 4.98 Å². The summed E-state index contributed by atoms with van der Waals surface area (Å²) in [7, 11) is 0. The Kier molecular flexibility index (Phi) is 5.10. The van der Waals surface area contributed by atoms with Gasteiger partial charge in [0.15, 0.2) is 0 Å². The Labute approximate surface area is 163 Å². The predicted octanol–water partition coefficient (Wildman–Crippen LogP) is 4.57. The fraction of sp³-hybridized carbons (Fsp3) is 0.273. The number of hydrogen-bond donors (Lipinski definition) is 1. The third kappa shape index (κ3) is 4.06. The van der Waals surface area contributed by atoms with Crippen molar-refractivity contribution >= 4 is 17.3 Å². The predicted molar refractivity (Wildman–Crippen MR) is 107 cm³/mol. The highest BCUT2D eigenvalue weighted by atomic mass is 19.1. The van der Waals surface area contributed by atoms with Crippen LogP contribution in [0.15, 0.2) is 52.9 Å². The van der Waals surface area contributed by atoms with Crippen molar-refractivity contribution < 1.29 is 13.6 Å². The first-order chi connectivity index (χ1) is 13.6. The number of amides is 1. The van der Waals surface area contributed by atoms with E-state index in [4.69, 9.17) is 4.42 Å². The third-order valence-corrected chi connectivity index (χ3v) is 4.91. The fourth-order valence-electron chi connectivity index (χ4n) is 3.42. The summed E-state index contributed by atoms with van der Waals surface area (Å²) < 4.78 is 18.7. The summed E-state index contributed by atoms with van der Waals surface area (Å²) in [6, 6.07) is 13.8. The molecule has 28 heavy (non-hydrogen) atoms. The lowest BCUT2D eigenvalue weighted by atomic mass is 10.2. The van der Waals surface area contributed by atoms with Gasteiger partial charge in [-0.3, -0.25) is 4.79 Å². The fourth-order valence-corrected chi connectivity index (χ4v) is 3.42. The zero-order chi connectivity index (χ0) is 19.5. The average molecular weight is 379 g/mol. The SMILES string of the molecule is Cc1oc(-c2ccc(F)cc2)nc1CC(=O)Nc1cccc(N2CCCC2)c1. The highest BCUT2D eigenvalue weighted by molar-refractivity contribution is 5.92. The molecule has 0 radical (unpaired) electrons. The summed E-state index contributed by atoms with van der Waals surface area (Å²) in [6.45, 7) is 3.89. The van der Waals surface area contributed by atoms with E-state index in [-0.39, 0.29) is 18.1 Å². The molecule has 6 heteroatoms. The highest BCUT2D eigenvalue weighted by Crippen LogP contribution is 2.25. The molecule has 1 N–H and O–H groups in total. The number of benzene rings is 2. The molecule has 1 aliphatic heterocycles. The van der Waals surface area contributed by atoms with Crippen LogP contribution in [0, 0.1) is 12.7 Å². The largest absolute Gasteiger partial charge is 0.441 e. The van der Waals surface area contributed by atoms with Gasteiger partial charge in [0.05, 0.1) is 12.1 Å². The van der Waals surface area contributed by atoms with Crippen LogP contribution in [0.1, 0.15) is 24.3 Å². The van der Waals surface area contributed by atoms with Gasteiger partial charge in [-0.05, 0) is 62.2 Å². The van der Waals surface area contributed by atoms with E-state index in [2.05, 4.69) is 21.3 Å². The van der Waals surface area contributed by atoms with Gasteiger partial charge < -0.3 is 14.6 Å². The van der Waals surface area contributed by atoms with E-state index in [0.29, 0.717) is 22.9 Å². The first kappa shape index (κ1) is 18.2. The zero-order valence-electron chi connectivity index (χ0n) is 15.7. The molecule has 1 amide bonds. The number of carbonyl (C=O) groups is 1. The van der Waals surface area contributed by atoms with Gasteiger partial charge in [0.1, 0.15) is 11.6 Å². The number of rotatable bonds is 5. The molecule has 0 atom stereocenters. The minimum absolute atomic E-state index is 0.116. The van der Waals surface area contributed by atoms with Gasteiger partial charge in [0.25, 0.3) is 0 Å². The first-order valence-corrected chi connectivity index (χ1v) is 9.45. The minimum atomic E-state index is -0.317. The summed E-state index contributed by atoms with van der Waals surface area (Å²) in [5.41, 5.74) is 3.16. The summed E-state index contributed by atoms with van der Waals surface area (Å²) in [5.74, 6) is 0.500. The second-order valence-electron chi connectivity index (χ2n) is 7.00. The molecule has 1 saturated heterocycles. The monoisotopic (exact) mass is 379 g/mol. The van der Waals surface area contributed by atoms with E-state index in [1.54, 1.807) is 19.1 Å². The number of hydrogen-bond acceptors (Lipinski definition) is 4. The Hall–Kier alpha value is -3.15. The Morgan fingerprint density at radius 1 is 1.18 bits per heavy atom.